The van der Waals surface area contributed by atoms with Gasteiger partial charge in [-0.3, -0.25) is 0 Å². The first kappa shape index (κ1) is 24.2. The van der Waals surface area contributed by atoms with Crippen molar-refractivity contribution < 1.29 is 0 Å². The highest BCUT2D eigenvalue weighted by atomic mass is 14.6. The predicted molar refractivity (Wildman–Crippen MR) is 168 cm³/mol. The molecule has 192 valence electrons. The maximum atomic E-state index is 7.26. The van der Waals surface area contributed by atoms with Crippen LogP contribution in [0.1, 0.15) is 22.3 Å². The van der Waals surface area contributed by atoms with Crippen LogP contribution < -0.4 is 5.73 Å². The molecule has 6 aromatic rings. The minimum Gasteiger partial charge on any atom is -0.398 e. The van der Waals surface area contributed by atoms with Crippen molar-refractivity contribution in [3.63, 3.8) is 0 Å². The Bertz CT molecular complexity index is 1730. The summed E-state index contributed by atoms with van der Waals surface area (Å²) in [5.74, 6) is 0. The van der Waals surface area contributed by atoms with Crippen LogP contribution in [0.4, 0.5) is 5.69 Å². The molecular formula is C39H31N. The molecule has 1 heteroatoms. The van der Waals surface area contributed by atoms with Crippen molar-refractivity contribution in [1.82, 2.24) is 0 Å². The Morgan fingerprint density at radius 2 is 0.925 bits per heavy atom. The smallest absolute Gasteiger partial charge is 0.0477 e. The van der Waals surface area contributed by atoms with E-state index in [-0.39, 0.29) is 5.41 Å². The molecule has 0 aliphatic heterocycles. The van der Waals surface area contributed by atoms with Crippen LogP contribution in [0.25, 0.3) is 33.4 Å². The third-order valence-electron chi connectivity index (χ3n) is 8.42. The Labute approximate surface area is 236 Å². The molecule has 0 unspecified atom stereocenters. The van der Waals surface area contributed by atoms with Crippen molar-refractivity contribution in [2.75, 3.05) is 5.73 Å². The average molecular weight is 514 g/mol. The SMILES string of the molecule is Nc1c(-c2ccccc2)cc2c(c1-c1ccccc1)C(Cc1ccccc1)(Cc1ccccc1)c1ccccc1-2. The zero-order chi connectivity index (χ0) is 26.9. The van der Waals surface area contributed by atoms with E-state index in [4.69, 9.17) is 5.73 Å². The maximum Gasteiger partial charge on any atom is 0.0477 e. The molecule has 0 spiro atoms. The molecule has 0 aromatic heterocycles. The van der Waals surface area contributed by atoms with Gasteiger partial charge in [0.25, 0.3) is 0 Å². The molecule has 0 atom stereocenters. The summed E-state index contributed by atoms with van der Waals surface area (Å²) < 4.78 is 0. The molecule has 0 saturated carbocycles. The van der Waals surface area contributed by atoms with E-state index in [0.717, 1.165) is 40.8 Å². The molecule has 2 N–H and O–H groups in total. The molecule has 1 aliphatic carbocycles. The van der Waals surface area contributed by atoms with Crippen LogP contribution in [0.15, 0.2) is 152 Å². The van der Waals surface area contributed by atoms with Gasteiger partial charge in [-0.05, 0) is 63.4 Å². The van der Waals surface area contributed by atoms with Crippen LogP contribution in [0.3, 0.4) is 0 Å². The van der Waals surface area contributed by atoms with Crippen LogP contribution in [-0.4, -0.2) is 0 Å². The van der Waals surface area contributed by atoms with E-state index >= 15 is 0 Å². The Morgan fingerprint density at radius 3 is 1.50 bits per heavy atom. The Hall–Kier alpha value is -4.88. The Kier molecular flexibility index (Phi) is 6.06. The number of hydrogen-bond donors (Lipinski definition) is 1. The van der Waals surface area contributed by atoms with E-state index in [1.807, 2.05) is 0 Å². The van der Waals surface area contributed by atoms with Gasteiger partial charge in [0.1, 0.15) is 0 Å². The largest absolute Gasteiger partial charge is 0.398 e. The summed E-state index contributed by atoms with van der Waals surface area (Å²) in [7, 11) is 0. The second-order valence-electron chi connectivity index (χ2n) is 10.8. The molecule has 0 bridgehead atoms. The fourth-order valence-electron chi connectivity index (χ4n) is 6.76. The predicted octanol–water partition coefficient (Wildman–Crippen LogP) is 9.35. The van der Waals surface area contributed by atoms with Gasteiger partial charge in [-0.15, -0.1) is 0 Å². The quantitative estimate of drug-likeness (QED) is 0.221. The average Bonchev–Trinajstić information content (AvgIpc) is 3.27. The molecule has 0 heterocycles. The van der Waals surface area contributed by atoms with Crippen molar-refractivity contribution in [2.24, 2.45) is 0 Å². The molecule has 1 aliphatic rings. The van der Waals surface area contributed by atoms with E-state index in [0.29, 0.717) is 0 Å². The van der Waals surface area contributed by atoms with Gasteiger partial charge >= 0.3 is 0 Å². The Morgan fingerprint density at radius 1 is 0.450 bits per heavy atom. The van der Waals surface area contributed by atoms with E-state index in [1.165, 1.54) is 33.4 Å². The standard InChI is InChI=1S/C39H31N/c40-38-33(30-19-9-3-10-20-30)25-34-32-23-13-14-24-35(32)39(26-28-15-5-1-6-16-28,27-29-17-7-2-8-18-29)37(34)36(38)31-21-11-4-12-22-31/h1-25H,26-27,40H2. The molecular weight excluding hydrogens is 482 g/mol. The van der Waals surface area contributed by atoms with Crippen molar-refractivity contribution in [2.45, 2.75) is 18.3 Å². The third kappa shape index (κ3) is 4.03. The summed E-state index contributed by atoms with van der Waals surface area (Å²) in [6, 6.07) is 54.5. The molecule has 40 heavy (non-hydrogen) atoms. The molecule has 7 rings (SSSR count). The highest BCUT2D eigenvalue weighted by Gasteiger charge is 2.46. The molecule has 1 nitrogen and oxygen atoms in total. The van der Waals surface area contributed by atoms with Gasteiger partial charge in [-0.2, -0.15) is 0 Å². The van der Waals surface area contributed by atoms with Gasteiger partial charge < -0.3 is 5.73 Å². The van der Waals surface area contributed by atoms with Crippen LogP contribution in [0.2, 0.25) is 0 Å². The first-order valence-electron chi connectivity index (χ1n) is 14.0. The first-order valence-corrected chi connectivity index (χ1v) is 14.0. The van der Waals surface area contributed by atoms with Crippen molar-refractivity contribution in [3.8, 4) is 33.4 Å². The second kappa shape index (κ2) is 10.0. The van der Waals surface area contributed by atoms with Crippen LogP contribution >= 0.6 is 0 Å². The van der Waals surface area contributed by atoms with Crippen LogP contribution in [0, 0.1) is 0 Å². The first-order chi connectivity index (χ1) is 19.7. The van der Waals surface area contributed by atoms with E-state index in [2.05, 4.69) is 152 Å². The van der Waals surface area contributed by atoms with Gasteiger partial charge in [0, 0.05) is 22.2 Å². The zero-order valence-corrected chi connectivity index (χ0v) is 22.4. The summed E-state index contributed by atoms with van der Waals surface area (Å²) in [5, 5.41) is 0. The van der Waals surface area contributed by atoms with Gasteiger partial charge in [-0.25, -0.2) is 0 Å². The highest BCUT2D eigenvalue weighted by Crippen LogP contribution is 2.58. The molecule has 0 saturated heterocycles. The zero-order valence-electron chi connectivity index (χ0n) is 22.4. The number of benzene rings is 6. The summed E-state index contributed by atoms with van der Waals surface area (Å²) in [6.07, 6.45) is 1.77. The summed E-state index contributed by atoms with van der Waals surface area (Å²) in [5.41, 5.74) is 20.3. The van der Waals surface area contributed by atoms with Gasteiger partial charge in [0.15, 0.2) is 0 Å². The maximum absolute atomic E-state index is 7.26. The Balaban J connectivity index is 1.60. The summed E-state index contributed by atoms with van der Waals surface area (Å²) in [6.45, 7) is 0. The van der Waals surface area contributed by atoms with Gasteiger partial charge in [-0.1, -0.05) is 146 Å². The number of rotatable bonds is 6. The minimum absolute atomic E-state index is 0.289. The second-order valence-corrected chi connectivity index (χ2v) is 10.8. The normalized spacial score (nSPS) is 13.0. The number of fused-ring (bicyclic) bond motifs is 3. The lowest BCUT2D eigenvalue weighted by molar-refractivity contribution is 0.521. The number of nitrogens with two attached hydrogens (primary N) is 1. The summed E-state index contributed by atoms with van der Waals surface area (Å²) in [4.78, 5) is 0. The minimum atomic E-state index is -0.289. The lowest BCUT2D eigenvalue weighted by Gasteiger charge is -2.35. The number of anilines is 1. The van der Waals surface area contributed by atoms with Crippen molar-refractivity contribution in [1.29, 1.82) is 0 Å². The van der Waals surface area contributed by atoms with Crippen LogP contribution in [0.5, 0.6) is 0 Å². The summed E-state index contributed by atoms with van der Waals surface area (Å²) >= 11 is 0. The monoisotopic (exact) mass is 513 g/mol. The fraction of sp³-hybridized carbons (Fsp3) is 0.0769. The van der Waals surface area contributed by atoms with Crippen molar-refractivity contribution in [3.05, 3.63) is 174 Å². The molecule has 0 amide bonds. The lowest BCUT2D eigenvalue weighted by Crippen LogP contribution is -2.32. The highest BCUT2D eigenvalue weighted by molar-refractivity contribution is 6.00. The van der Waals surface area contributed by atoms with Crippen LogP contribution in [-0.2, 0) is 18.3 Å². The van der Waals surface area contributed by atoms with Gasteiger partial charge in [0.05, 0.1) is 0 Å². The number of hydrogen-bond acceptors (Lipinski definition) is 1. The molecule has 6 aromatic carbocycles. The molecule has 0 radical (unpaired) electrons. The third-order valence-corrected chi connectivity index (χ3v) is 8.42. The number of nitrogen functional groups attached to an aromatic ring is 1. The van der Waals surface area contributed by atoms with Gasteiger partial charge in [0.2, 0.25) is 0 Å². The molecule has 0 fully saturated rings. The topological polar surface area (TPSA) is 26.0 Å². The van der Waals surface area contributed by atoms with E-state index < -0.39 is 0 Å². The van der Waals surface area contributed by atoms with E-state index in [9.17, 15) is 0 Å². The van der Waals surface area contributed by atoms with E-state index in [1.54, 1.807) is 0 Å². The fourth-order valence-corrected chi connectivity index (χ4v) is 6.76. The lowest BCUT2D eigenvalue weighted by atomic mass is 9.67. The van der Waals surface area contributed by atoms with Crippen molar-refractivity contribution >= 4 is 5.69 Å².